The van der Waals surface area contributed by atoms with Gasteiger partial charge in [0, 0.05) is 42.2 Å². The summed E-state index contributed by atoms with van der Waals surface area (Å²) in [4.78, 5) is 39.4. The number of hydrogen-bond acceptors (Lipinski definition) is 7. The summed E-state index contributed by atoms with van der Waals surface area (Å²) in [6.45, 7) is 2.24. The fraction of sp³-hybridized carbons (Fsp3) is 0.296. The highest BCUT2D eigenvalue weighted by atomic mass is 19.4. The van der Waals surface area contributed by atoms with E-state index in [0.717, 1.165) is 18.3 Å². The van der Waals surface area contributed by atoms with Gasteiger partial charge in [-0.05, 0) is 50.1 Å². The second-order valence-electron chi connectivity index (χ2n) is 10.0. The highest BCUT2D eigenvalue weighted by Crippen LogP contribution is 2.38. The van der Waals surface area contributed by atoms with Crippen LogP contribution in [-0.4, -0.2) is 54.9 Å². The number of carbonyl (C=O) groups is 2. The van der Waals surface area contributed by atoms with E-state index in [1.54, 1.807) is 15.5 Å². The Morgan fingerprint density at radius 1 is 1.15 bits per heavy atom. The molecule has 3 unspecified atom stereocenters. The van der Waals surface area contributed by atoms with Gasteiger partial charge in [0.15, 0.2) is 0 Å². The molecule has 2 amide bonds. The molecule has 4 aromatic rings. The lowest BCUT2D eigenvalue weighted by Gasteiger charge is -2.33. The van der Waals surface area contributed by atoms with Crippen LogP contribution in [0.4, 0.5) is 34.0 Å². The van der Waals surface area contributed by atoms with Crippen LogP contribution in [0, 0.1) is 5.82 Å². The lowest BCUT2D eigenvalue weighted by atomic mass is 9.91. The molecule has 0 radical (unpaired) electrons. The average molecular weight is 570 g/mol. The topological polar surface area (TPSA) is 128 Å². The van der Waals surface area contributed by atoms with Crippen molar-refractivity contribution in [3.05, 3.63) is 71.7 Å². The van der Waals surface area contributed by atoms with Crippen molar-refractivity contribution in [1.82, 2.24) is 24.3 Å². The Morgan fingerprint density at radius 3 is 2.71 bits per heavy atom. The van der Waals surface area contributed by atoms with Crippen LogP contribution >= 0.6 is 0 Å². The number of nitrogen functional groups attached to an aromatic ring is 1. The molecule has 2 fully saturated rings. The van der Waals surface area contributed by atoms with E-state index in [2.05, 4.69) is 15.3 Å². The van der Waals surface area contributed by atoms with Crippen LogP contribution in [-0.2, 0) is 10.9 Å². The molecule has 3 aromatic heterocycles. The molecule has 5 heterocycles. The minimum Gasteiger partial charge on any atom is -0.444 e. The fourth-order valence-corrected chi connectivity index (χ4v) is 5.48. The quantitative estimate of drug-likeness (QED) is 0.336. The number of hydrogen-bond donors (Lipinski definition) is 2. The zero-order valence-electron chi connectivity index (χ0n) is 21.5. The summed E-state index contributed by atoms with van der Waals surface area (Å²) in [5, 5.41) is 2.26. The number of halogens is 4. The molecule has 14 heteroatoms. The molecular formula is C27H23F4N7O3. The van der Waals surface area contributed by atoms with Crippen molar-refractivity contribution in [2.24, 2.45) is 0 Å². The lowest BCUT2D eigenvalue weighted by molar-refractivity contribution is -0.137. The van der Waals surface area contributed by atoms with E-state index >= 15 is 4.39 Å². The number of alkyl halides is 3. The largest absolute Gasteiger partial charge is 0.444 e. The number of pyridine rings is 1. The zero-order valence-corrected chi connectivity index (χ0v) is 21.5. The molecule has 41 heavy (non-hydrogen) atoms. The third-order valence-electron chi connectivity index (χ3n) is 7.48. The number of amides is 2. The number of carbonyl (C=O) groups excluding carboxylic acids is 2. The first-order valence-electron chi connectivity index (χ1n) is 12.8. The number of nitrogens with one attached hydrogen (secondary N) is 1. The van der Waals surface area contributed by atoms with E-state index in [9.17, 15) is 22.8 Å². The van der Waals surface area contributed by atoms with Gasteiger partial charge in [-0.3, -0.25) is 9.20 Å². The molecule has 0 spiro atoms. The number of aromatic nitrogens is 4. The van der Waals surface area contributed by atoms with Crippen molar-refractivity contribution < 1.29 is 31.9 Å². The number of anilines is 2. The van der Waals surface area contributed by atoms with Crippen LogP contribution in [0.3, 0.4) is 0 Å². The predicted molar refractivity (Wildman–Crippen MR) is 138 cm³/mol. The Bertz CT molecular complexity index is 1690. The maximum atomic E-state index is 15.5. The molecule has 2 aliphatic rings. The van der Waals surface area contributed by atoms with Gasteiger partial charge in [-0.15, -0.1) is 0 Å². The summed E-state index contributed by atoms with van der Waals surface area (Å²) in [6.07, 6.45) is 0.308. The predicted octanol–water partition coefficient (Wildman–Crippen LogP) is 4.87. The number of rotatable bonds is 4. The highest BCUT2D eigenvalue weighted by Gasteiger charge is 2.44. The fourth-order valence-electron chi connectivity index (χ4n) is 5.48. The molecule has 2 aliphatic heterocycles. The first-order valence-corrected chi connectivity index (χ1v) is 12.8. The Balaban J connectivity index is 1.31. The maximum absolute atomic E-state index is 15.5. The number of piperidine rings is 1. The molecule has 1 aromatic carbocycles. The number of nitrogens with zero attached hydrogens (tertiary/aromatic N) is 5. The van der Waals surface area contributed by atoms with Crippen LogP contribution in [0.15, 0.2) is 48.9 Å². The molecular weight excluding hydrogens is 546 g/mol. The van der Waals surface area contributed by atoms with E-state index in [1.165, 1.54) is 18.3 Å². The average Bonchev–Trinajstić information content (AvgIpc) is 3.46. The summed E-state index contributed by atoms with van der Waals surface area (Å²) < 4.78 is 61.6. The van der Waals surface area contributed by atoms with Gasteiger partial charge in [0.05, 0.1) is 11.6 Å². The van der Waals surface area contributed by atoms with E-state index in [1.807, 2.05) is 6.92 Å². The van der Waals surface area contributed by atoms with Crippen LogP contribution in [0.2, 0.25) is 0 Å². The van der Waals surface area contributed by atoms with E-state index in [-0.39, 0.29) is 52.6 Å². The summed E-state index contributed by atoms with van der Waals surface area (Å²) in [5.74, 6) is -1.47. The lowest BCUT2D eigenvalue weighted by Crippen LogP contribution is -2.43. The Labute approximate surface area is 230 Å². The van der Waals surface area contributed by atoms with Gasteiger partial charge in [-0.25, -0.2) is 24.1 Å². The summed E-state index contributed by atoms with van der Waals surface area (Å²) >= 11 is 0. The first-order chi connectivity index (χ1) is 19.5. The number of fused-ring (bicyclic) bond motifs is 2. The number of imidazole rings is 1. The highest BCUT2D eigenvalue weighted by molar-refractivity contribution is 6.04. The Hall–Kier alpha value is -4.75. The van der Waals surface area contributed by atoms with Gasteiger partial charge in [0.1, 0.15) is 40.6 Å². The van der Waals surface area contributed by atoms with Gasteiger partial charge in [0.25, 0.3) is 5.91 Å². The molecule has 2 saturated heterocycles. The number of nitrogens with two attached hydrogens (primary N) is 1. The van der Waals surface area contributed by atoms with E-state index in [0.29, 0.717) is 36.8 Å². The molecule has 3 atom stereocenters. The molecule has 3 N–H and O–H groups in total. The number of ether oxygens (including phenoxy) is 1. The normalized spacial score (nSPS) is 20.7. The van der Waals surface area contributed by atoms with Gasteiger partial charge >= 0.3 is 12.3 Å². The zero-order chi connectivity index (χ0) is 29.1. The Morgan fingerprint density at radius 2 is 1.95 bits per heavy atom. The summed E-state index contributed by atoms with van der Waals surface area (Å²) in [6, 6.07) is 5.08. The van der Waals surface area contributed by atoms with Crippen molar-refractivity contribution in [3.63, 3.8) is 0 Å². The van der Waals surface area contributed by atoms with Gasteiger partial charge in [-0.1, -0.05) is 0 Å². The van der Waals surface area contributed by atoms with E-state index in [4.69, 9.17) is 15.5 Å². The number of benzene rings is 1. The van der Waals surface area contributed by atoms with Gasteiger partial charge < -0.3 is 20.7 Å². The SMILES string of the molecule is CC1OC(=O)N2CC(c3nc(-c4ccc(C(=O)Nc5cc(C(F)(F)F)ccn5)cc4F)c4c(N)nccn34)CCC12. The third-order valence-corrected chi connectivity index (χ3v) is 7.48. The Kier molecular flexibility index (Phi) is 6.27. The molecule has 0 saturated carbocycles. The molecule has 6 rings (SSSR count). The number of cyclic esters (lactones) is 1. The molecule has 0 bridgehead atoms. The standard InChI is InChI=1S/C27H23F4N7O3/c1-13-19-5-3-15(12-38(19)26(40)41-13)24-36-21(22-23(32)34-8-9-37(22)24)17-4-2-14(10-18(17)28)25(39)35-20-11-16(6-7-33-20)27(29,30)31/h2,4,6-11,13,15,19H,3,5,12H2,1H3,(H2,32,34)(H,33,35,39). The third kappa shape index (κ3) is 4.68. The molecule has 10 nitrogen and oxygen atoms in total. The minimum absolute atomic E-state index is 0.0153. The van der Waals surface area contributed by atoms with Crippen molar-refractivity contribution >= 4 is 29.2 Å². The van der Waals surface area contributed by atoms with Crippen LogP contribution in [0.5, 0.6) is 0 Å². The van der Waals surface area contributed by atoms with Crippen molar-refractivity contribution in [2.45, 2.75) is 44.0 Å². The van der Waals surface area contributed by atoms with Crippen LogP contribution in [0.25, 0.3) is 16.8 Å². The minimum atomic E-state index is -4.62. The van der Waals surface area contributed by atoms with Crippen molar-refractivity contribution in [3.8, 4) is 11.3 Å². The monoisotopic (exact) mass is 569 g/mol. The van der Waals surface area contributed by atoms with Crippen LogP contribution < -0.4 is 11.1 Å². The van der Waals surface area contributed by atoms with Gasteiger partial charge in [0.2, 0.25) is 0 Å². The maximum Gasteiger partial charge on any atom is 0.416 e. The van der Waals surface area contributed by atoms with E-state index < -0.39 is 23.5 Å². The van der Waals surface area contributed by atoms with Crippen molar-refractivity contribution in [2.75, 3.05) is 17.6 Å². The van der Waals surface area contributed by atoms with Gasteiger partial charge in [-0.2, -0.15) is 13.2 Å². The first kappa shape index (κ1) is 26.5. The van der Waals surface area contributed by atoms with Crippen molar-refractivity contribution in [1.29, 1.82) is 0 Å². The smallest absolute Gasteiger partial charge is 0.416 e. The van der Waals surface area contributed by atoms with Crippen LogP contribution in [0.1, 0.15) is 47.4 Å². The summed E-state index contributed by atoms with van der Waals surface area (Å²) in [5.41, 5.74) is 5.68. The summed E-state index contributed by atoms with van der Waals surface area (Å²) in [7, 11) is 0. The second-order valence-corrected chi connectivity index (χ2v) is 10.0. The second kappa shape index (κ2) is 9.71. The molecule has 212 valence electrons. The molecule has 0 aliphatic carbocycles.